The first kappa shape index (κ1) is 16.1. The second-order valence-corrected chi connectivity index (χ2v) is 5.10. The molecule has 0 aliphatic carbocycles. The van der Waals surface area contributed by atoms with Crippen molar-refractivity contribution in [1.29, 1.82) is 0 Å². The zero-order chi connectivity index (χ0) is 15.0. The van der Waals surface area contributed by atoms with Crippen LogP contribution in [0, 0.1) is 11.7 Å². The second-order valence-electron chi connectivity index (χ2n) is 5.10. The Morgan fingerprint density at radius 3 is 2.15 bits per heavy atom. The standard InChI is InChI=1S/C15H21FN2O2/c1-11(2)9-14(19)17-7-8-18-15(20)10-12-3-5-13(16)6-4-12/h3-6,11H,7-10H2,1-2H3,(H,17,19)(H,18,20). The second kappa shape index (κ2) is 8.30. The predicted octanol–water partition coefficient (Wildman–Crippen LogP) is 1.65. The topological polar surface area (TPSA) is 58.2 Å². The van der Waals surface area contributed by atoms with Gasteiger partial charge in [-0.15, -0.1) is 0 Å². The van der Waals surface area contributed by atoms with Crippen LogP contribution in [0.15, 0.2) is 24.3 Å². The van der Waals surface area contributed by atoms with E-state index < -0.39 is 0 Å². The number of carbonyl (C=O) groups excluding carboxylic acids is 2. The van der Waals surface area contributed by atoms with Crippen molar-refractivity contribution in [1.82, 2.24) is 10.6 Å². The molecule has 0 unspecified atom stereocenters. The summed E-state index contributed by atoms with van der Waals surface area (Å²) in [4.78, 5) is 23.0. The number of halogens is 1. The number of benzene rings is 1. The van der Waals surface area contributed by atoms with Gasteiger partial charge in [0.1, 0.15) is 5.82 Å². The molecule has 110 valence electrons. The molecule has 0 heterocycles. The Morgan fingerprint density at radius 2 is 1.60 bits per heavy atom. The fourth-order valence-electron chi connectivity index (χ4n) is 1.70. The Balaban J connectivity index is 2.17. The van der Waals surface area contributed by atoms with Gasteiger partial charge in [0.25, 0.3) is 0 Å². The first-order valence-electron chi connectivity index (χ1n) is 6.75. The van der Waals surface area contributed by atoms with E-state index in [2.05, 4.69) is 10.6 Å². The molecule has 5 heteroatoms. The first-order chi connectivity index (χ1) is 9.47. The molecule has 0 bridgehead atoms. The normalized spacial score (nSPS) is 10.4. The van der Waals surface area contributed by atoms with Crippen LogP contribution in [0.1, 0.15) is 25.8 Å². The van der Waals surface area contributed by atoms with E-state index in [9.17, 15) is 14.0 Å². The van der Waals surface area contributed by atoms with Crippen LogP contribution in [-0.4, -0.2) is 24.9 Å². The van der Waals surface area contributed by atoms with E-state index in [0.717, 1.165) is 5.56 Å². The third-order valence-electron chi connectivity index (χ3n) is 2.64. The number of hydrogen-bond donors (Lipinski definition) is 2. The molecule has 2 amide bonds. The Labute approximate surface area is 118 Å². The number of rotatable bonds is 7. The summed E-state index contributed by atoms with van der Waals surface area (Å²) in [7, 11) is 0. The fraction of sp³-hybridized carbons (Fsp3) is 0.467. The van der Waals surface area contributed by atoms with E-state index in [-0.39, 0.29) is 24.1 Å². The van der Waals surface area contributed by atoms with Crippen molar-refractivity contribution in [3.8, 4) is 0 Å². The fourth-order valence-corrected chi connectivity index (χ4v) is 1.70. The smallest absolute Gasteiger partial charge is 0.224 e. The molecule has 0 fully saturated rings. The number of hydrogen-bond acceptors (Lipinski definition) is 2. The average Bonchev–Trinajstić information content (AvgIpc) is 2.37. The summed E-state index contributed by atoms with van der Waals surface area (Å²) in [6.07, 6.45) is 0.698. The maximum atomic E-state index is 12.7. The van der Waals surface area contributed by atoms with Gasteiger partial charge >= 0.3 is 0 Å². The largest absolute Gasteiger partial charge is 0.354 e. The van der Waals surface area contributed by atoms with E-state index in [1.165, 1.54) is 12.1 Å². The maximum absolute atomic E-state index is 12.7. The lowest BCUT2D eigenvalue weighted by Gasteiger charge is -2.08. The van der Waals surface area contributed by atoms with Crippen LogP contribution in [-0.2, 0) is 16.0 Å². The Hall–Kier alpha value is -1.91. The van der Waals surface area contributed by atoms with E-state index in [4.69, 9.17) is 0 Å². The summed E-state index contributed by atoms with van der Waals surface area (Å²) in [6, 6.07) is 5.82. The first-order valence-corrected chi connectivity index (χ1v) is 6.75. The lowest BCUT2D eigenvalue weighted by Crippen LogP contribution is -2.35. The van der Waals surface area contributed by atoms with Crippen molar-refractivity contribution in [3.05, 3.63) is 35.6 Å². The van der Waals surface area contributed by atoms with Gasteiger partial charge in [-0.1, -0.05) is 26.0 Å². The molecule has 0 radical (unpaired) electrons. The molecule has 0 spiro atoms. The number of nitrogens with one attached hydrogen (secondary N) is 2. The van der Waals surface area contributed by atoms with Gasteiger partial charge < -0.3 is 10.6 Å². The van der Waals surface area contributed by atoms with Gasteiger partial charge in [-0.25, -0.2) is 4.39 Å². The predicted molar refractivity (Wildman–Crippen MR) is 75.6 cm³/mol. The molecule has 0 saturated carbocycles. The third-order valence-corrected chi connectivity index (χ3v) is 2.64. The molecule has 0 saturated heterocycles. The Bertz CT molecular complexity index is 444. The quantitative estimate of drug-likeness (QED) is 0.746. The van der Waals surface area contributed by atoms with Crippen LogP contribution in [0.25, 0.3) is 0 Å². The van der Waals surface area contributed by atoms with Crippen molar-refractivity contribution < 1.29 is 14.0 Å². The molecule has 1 aromatic rings. The van der Waals surface area contributed by atoms with Crippen molar-refractivity contribution >= 4 is 11.8 Å². The van der Waals surface area contributed by atoms with Gasteiger partial charge in [0.15, 0.2) is 0 Å². The summed E-state index contributed by atoms with van der Waals surface area (Å²) < 4.78 is 12.7. The van der Waals surface area contributed by atoms with E-state index in [0.29, 0.717) is 25.4 Å². The molecule has 4 nitrogen and oxygen atoms in total. The molecule has 0 aliphatic heterocycles. The molecule has 1 aromatic carbocycles. The van der Waals surface area contributed by atoms with Gasteiger partial charge in [0.05, 0.1) is 6.42 Å². The van der Waals surface area contributed by atoms with Crippen LogP contribution < -0.4 is 10.6 Å². The van der Waals surface area contributed by atoms with Crippen LogP contribution >= 0.6 is 0 Å². The van der Waals surface area contributed by atoms with E-state index >= 15 is 0 Å². The highest BCUT2D eigenvalue weighted by Crippen LogP contribution is 2.03. The van der Waals surface area contributed by atoms with Gasteiger partial charge in [-0.2, -0.15) is 0 Å². The monoisotopic (exact) mass is 280 g/mol. The minimum Gasteiger partial charge on any atom is -0.354 e. The molecule has 20 heavy (non-hydrogen) atoms. The zero-order valence-corrected chi connectivity index (χ0v) is 11.9. The van der Waals surface area contributed by atoms with Crippen LogP contribution in [0.4, 0.5) is 4.39 Å². The molecular weight excluding hydrogens is 259 g/mol. The van der Waals surface area contributed by atoms with Crippen LogP contribution in [0.2, 0.25) is 0 Å². The highest BCUT2D eigenvalue weighted by molar-refractivity contribution is 5.79. The van der Waals surface area contributed by atoms with Crippen molar-refractivity contribution in [3.63, 3.8) is 0 Å². The molecule has 1 rings (SSSR count). The lowest BCUT2D eigenvalue weighted by atomic mass is 10.1. The molecule has 2 N–H and O–H groups in total. The molecular formula is C15H21FN2O2. The minimum absolute atomic E-state index is 0.00668. The van der Waals surface area contributed by atoms with Crippen LogP contribution in [0.3, 0.4) is 0 Å². The van der Waals surface area contributed by atoms with Gasteiger partial charge in [-0.05, 0) is 23.6 Å². The third kappa shape index (κ3) is 6.87. The minimum atomic E-state index is -0.318. The highest BCUT2D eigenvalue weighted by atomic mass is 19.1. The molecule has 0 aliphatic rings. The average molecular weight is 280 g/mol. The maximum Gasteiger partial charge on any atom is 0.224 e. The summed E-state index contributed by atoms with van der Waals surface area (Å²) in [6.45, 7) is 4.76. The van der Waals surface area contributed by atoms with Gasteiger partial charge in [-0.3, -0.25) is 9.59 Å². The summed E-state index contributed by atoms with van der Waals surface area (Å²) in [5.74, 6) is -0.146. The lowest BCUT2D eigenvalue weighted by molar-refractivity contribution is -0.123. The Kier molecular flexibility index (Phi) is 6.70. The van der Waals surface area contributed by atoms with Crippen molar-refractivity contribution in [2.75, 3.05) is 13.1 Å². The summed E-state index contributed by atoms with van der Waals surface area (Å²) in [5, 5.41) is 5.44. The number of amides is 2. The van der Waals surface area contributed by atoms with Crippen molar-refractivity contribution in [2.24, 2.45) is 5.92 Å². The zero-order valence-electron chi connectivity index (χ0n) is 11.9. The molecule has 0 atom stereocenters. The molecule has 0 aromatic heterocycles. The highest BCUT2D eigenvalue weighted by Gasteiger charge is 2.05. The van der Waals surface area contributed by atoms with Gasteiger partial charge in [0.2, 0.25) is 11.8 Å². The van der Waals surface area contributed by atoms with E-state index in [1.54, 1.807) is 12.1 Å². The van der Waals surface area contributed by atoms with Gasteiger partial charge in [0, 0.05) is 19.5 Å². The summed E-state index contributed by atoms with van der Waals surface area (Å²) >= 11 is 0. The Morgan fingerprint density at radius 1 is 1.05 bits per heavy atom. The number of carbonyl (C=O) groups is 2. The van der Waals surface area contributed by atoms with E-state index in [1.807, 2.05) is 13.8 Å². The SMILES string of the molecule is CC(C)CC(=O)NCCNC(=O)Cc1ccc(F)cc1. The van der Waals surface area contributed by atoms with Crippen LogP contribution in [0.5, 0.6) is 0 Å². The van der Waals surface area contributed by atoms with Crippen molar-refractivity contribution in [2.45, 2.75) is 26.7 Å². The summed E-state index contributed by atoms with van der Waals surface area (Å²) in [5.41, 5.74) is 0.757.